The summed E-state index contributed by atoms with van der Waals surface area (Å²) in [6, 6.07) is 7.96. The van der Waals surface area contributed by atoms with Gasteiger partial charge in [-0.25, -0.2) is 4.98 Å². The molecule has 4 heterocycles. The number of aryl methyl sites for hydroxylation is 1. The van der Waals surface area contributed by atoms with Gasteiger partial charge in [0.1, 0.15) is 10.7 Å². The van der Waals surface area contributed by atoms with Crippen LogP contribution in [0.2, 0.25) is 0 Å². The number of rotatable bonds is 6. The van der Waals surface area contributed by atoms with Gasteiger partial charge >= 0.3 is 0 Å². The molecule has 3 aromatic rings. The summed E-state index contributed by atoms with van der Waals surface area (Å²) in [7, 11) is 0. The first kappa shape index (κ1) is 22.8. The second-order valence-corrected chi connectivity index (χ2v) is 10.1. The summed E-state index contributed by atoms with van der Waals surface area (Å²) in [6.45, 7) is 6.11. The van der Waals surface area contributed by atoms with Gasteiger partial charge in [0.25, 0.3) is 5.91 Å². The van der Waals surface area contributed by atoms with Crippen LogP contribution in [0.5, 0.6) is 0 Å². The first-order chi connectivity index (χ1) is 16.6. The number of nitrogens with one attached hydrogen (secondary N) is 2. The van der Waals surface area contributed by atoms with Gasteiger partial charge in [-0.15, -0.1) is 11.3 Å². The summed E-state index contributed by atoms with van der Waals surface area (Å²) in [5, 5.41) is 5.99. The summed E-state index contributed by atoms with van der Waals surface area (Å²) in [6.07, 6.45) is 7.60. The van der Waals surface area contributed by atoms with Gasteiger partial charge in [0.15, 0.2) is 0 Å². The van der Waals surface area contributed by atoms with E-state index >= 15 is 0 Å². The van der Waals surface area contributed by atoms with E-state index in [0.29, 0.717) is 12.2 Å². The molecule has 0 saturated carbocycles. The minimum absolute atomic E-state index is 0.0319. The Balaban J connectivity index is 1.28. The molecular weight excluding hydrogens is 446 g/mol. The van der Waals surface area contributed by atoms with Crippen LogP contribution in [0.25, 0.3) is 21.8 Å². The van der Waals surface area contributed by atoms with Gasteiger partial charge in [0, 0.05) is 41.5 Å². The van der Waals surface area contributed by atoms with E-state index in [1.54, 1.807) is 11.3 Å². The minimum Gasteiger partial charge on any atom is -0.357 e. The Labute approximate surface area is 204 Å². The maximum absolute atomic E-state index is 12.6. The number of carbonyl (C=O) groups excluding carboxylic acids is 2. The number of piperidine rings is 1. The third-order valence-electron chi connectivity index (χ3n) is 6.68. The van der Waals surface area contributed by atoms with Gasteiger partial charge < -0.3 is 15.2 Å². The number of nitrogens with zero attached hydrogens (tertiary/aromatic N) is 3. The average Bonchev–Trinajstić information content (AvgIpc) is 3.62. The van der Waals surface area contributed by atoms with E-state index < -0.39 is 0 Å². The molecule has 2 amide bonds. The third kappa shape index (κ3) is 5.08. The Kier molecular flexibility index (Phi) is 6.78. The SMILES string of the molecule is Cc1ccc(-c2nc(-c3c[nH]c(C(=O)N4CCCC4)c3)cs2)cc1NC(=O)CN1CCCCC1. The van der Waals surface area contributed by atoms with Crippen LogP contribution < -0.4 is 5.32 Å². The maximum atomic E-state index is 12.6. The van der Waals surface area contributed by atoms with Crippen molar-refractivity contribution < 1.29 is 9.59 Å². The molecule has 0 atom stereocenters. The smallest absolute Gasteiger partial charge is 0.270 e. The Bertz CT molecular complexity index is 1170. The number of hydrogen-bond donors (Lipinski definition) is 2. The van der Waals surface area contributed by atoms with E-state index in [0.717, 1.165) is 72.1 Å². The summed E-state index contributed by atoms with van der Waals surface area (Å²) < 4.78 is 0. The second kappa shape index (κ2) is 10.1. The zero-order valence-electron chi connectivity index (χ0n) is 19.6. The van der Waals surface area contributed by atoms with Crippen molar-refractivity contribution in [1.82, 2.24) is 19.8 Å². The molecule has 5 rings (SSSR count). The van der Waals surface area contributed by atoms with E-state index in [9.17, 15) is 9.59 Å². The van der Waals surface area contributed by atoms with Crippen molar-refractivity contribution in [2.45, 2.75) is 39.0 Å². The van der Waals surface area contributed by atoms with Crippen LogP contribution in [-0.2, 0) is 4.79 Å². The molecule has 0 unspecified atom stereocenters. The monoisotopic (exact) mass is 477 g/mol. The third-order valence-corrected chi connectivity index (χ3v) is 7.57. The molecule has 8 heteroatoms. The highest BCUT2D eigenvalue weighted by atomic mass is 32.1. The molecule has 2 aliphatic heterocycles. The number of carbonyl (C=O) groups is 2. The first-order valence-electron chi connectivity index (χ1n) is 12.1. The van der Waals surface area contributed by atoms with E-state index in [-0.39, 0.29) is 11.8 Å². The molecule has 7 nitrogen and oxygen atoms in total. The van der Waals surface area contributed by atoms with Crippen LogP contribution in [-0.4, -0.2) is 64.3 Å². The zero-order chi connectivity index (χ0) is 23.5. The normalized spacial score (nSPS) is 16.7. The van der Waals surface area contributed by atoms with Crippen molar-refractivity contribution in [3.05, 3.63) is 47.1 Å². The Hall–Kier alpha value is -2.97. The van der Waals surface area contributed by atoms with Gasteiger partial charge in [0.2, 0.25) is 5.91 Å². The maximum Gasteiger partial charge on any atom is 0.270 e. The number of thiazole rings is 1. The number of anilines is 1. The number of amides is 2. The van der Waals surface area contributed by atoms with Crippen molar-refractivity contribution in [2.75, 3.05) is 38.0 Å². The number of hydrogen-bond acceptors (Lipinski definition) is 5. The van der Waals surface area contributed by atoms with Crippen LogP contribution in [0.1, 0.15) is 48.2 Å². The van der Waals surface area contributed by atoms with Crippen molar-refractivity contribution in [2.24, 2.45) is 0 Å². The fraction of sp³-hybridized carbons (Fsp3) is 0.423. The van der Waals surface area contributed by atoms with Crippen LogP contribution in [0.3, 0.4) is 0 Å². The molecule has 0 aliphatic carbocycles. The number of likely N-dealkylation sites (tertiary alicyclic amines) is 2. The highest BCUT2D eigenvalue weighted by Gasteiger charge is 2.21. The van der Waals surface area contributed by atoms with Crippen molar-refractivity contribution in [3.8, 4) is 21.8 Å². The molecule has 2 fully saturated rings. The van der Waals surface area contributed by atoms with Gasteiger partial charge in [0.05, 0.1) is 12.2 Å². The van der Waals surface area contributed by atoms with E-state index in [4.69, 9.17) is 4.98 Å². The predicted octanol–water partition coefficient (Wildman–Crippen LogP) is 4.77. The van der Waals surface area contributed by atoms with Crippen LogP contribution >= 0.6 is 11.3 Å². The van der Waals surface area contributed by atoms with E-state index in [1.165, 1.54) is 19.3 Å². The summed E-state index contributed by atoms with van der Waals surface area (Å²) >= 11 is 1.56. The topological polar surface area (TPSA) is 81.3 Å². The molecule has 0 bridgehead atoms. The molecule has 34 heavy (non-hydrogen) atoms. The Morgan fingerprint density at radius 1 is 1.03 bits per heavy atom. The molecule has 0 radical (unpaired) electrons. The molecule has 2 N–H and O–H groups in total. The molecule has 178 valence electrons. The van der Waals surface area contributed by atoms with Crippen LogP contribution in [0.15, 0.2) is 35.8 Å². The fourth-order valence-corrected chi connectivity index (χ4v) is 5.52. The zero-order valence-corrected chi connectivity index (χ0v) is 20.4. The molecule has 0 spiro atoms. The minimum atomic E-state index is 0.0319. The van der Waals surface area contributed by atoms with E-state index in [2.05, 4.69) is 15.2 Å². The summed E-state index contributed by atoms with van der Waals surface area (Å²) in [5.41, 5.74) is 5.19. The highest BCUT2D eigenvalue weighted by Crippen LogP contribution is 2.32. The van der Waals surface area contributed by atoms with Crippen LogP contribution in [0, 0.1) is 6.92 Å². The van der Waals surface area contributed by atoms with Crippen LogP contribution in [0.4, 0.5) is 5.69 Å². The lowest BCUT2D eigenvalue weighted by Crippen LogP contribution is -2.36. The first-order valence-corrected chi connectivity index (χ1v) is 13.0. The Morgan fingerprint density at radius 2 is 1.79 bits per heavy atom. The van der Waals surface area contributed by atoms with Gasteiger partial charge in [-0.3, -0.25) is 14.5 Å². The van der Waals surface area contributed by atoms with Gasteiger partial charge in [-0.05, 0) is 63.4 Å². The summed E-state index contributed by atoms with van der Waals surface area (Å²) in [4.78, 5) is 37.3. The molecule has 2 saturated heterocycles. The largest absolute Gasteiger partial charge is 0.357 e. The summed E-state index contributed by atoms with van der Waals surface area (Å²) in [5.74, 6) is 0.0900. The number of H-pyrrole nitrogens is 1. The fourth-order valence-electron chi connectivity index (χ4n) is 4.70. The molecule has 2 aliphatic rings. The highest BCUT2D eigenvalue weighted by molar-refractivity contribution is 7.13. The van der Waals surface area contributed by atoms with Crippen molar-refractivity contribution in [1.29, 1.82) is 0 Å². The number of benzene rings is 1. The quantitative estimate of drug-likeness (QED) is 0.536. The molecule has 1 aromatic carbocycles. The van der Waals surface area contributed by atoms with Gasteiger partial charge in [-0.1, -0.05) is 18.6 Å². The standard InChI is InChI=1S/C26H31N5O2S/c1-18-7-8-19(13-21(18)28-24(32)16-30-9-3-2-4-10-30)25-29-23(17-34-25)20-14-22(27-15-20)26(33)31-11-5-6-12-31/h7-8,13-15,17,27H,2-6,9-12,16H2,1H3,(H,28,32). The number of aromatic amines is 1. The molecule has 2 aromatic heterocycles. The molecular formula is C26H31N5O2S. The van der Waals surface area contributed by atoms with E-state index in [1.807, 2.05) is 47.7 Å². The number of aromatic nitrogens is 2. The van der Waals surface area contributed by atoms with Crippen molar-refractivity contribution >= 4 is 28.8 Å². The lowest BCUT2D eigenvalue weighted by molar-refractivity contribution is -0.117. The lowest BCUT2D eigenvalue weighted by Gasteiger charge is -2.25. The lowest BCUT2D eigenvalue weighted by atomic mass is 10.1. The Morgan fingerprint density at radius 3 is 2.59 bits per heavy atom. The van der Waals surface area contributed by atoms with Gasteiger partial charge in [-0.2, -0.15) is 0 Å². The predicted molar refractivity (Wildman–Crippen MR) is 136 cm³/mol. The van der Waals surface area contributed by atoms with Crippen molar-refractivity contribution in [3.63, 3.8) is 0 Å². The average molecular weight is 478 g/mol. The second-order valence-electron chi connectivity index (χ2n) is 9.25.